The molecule has 2 aromatic carbocycles. The largest absolute Gasteiger partial charge is 0.457 e. The molecule has 1 aliphatic rings. The number of carbonyl (C=O) groups is 2. The van der Waals surface area contributed by atoms with Crippen molar-refractivity contribution >= 4 is 28.5 Å². The lowest BCUT2D eigenvalue weighted by Crippen LogP contribution is -2.35. The number of nitrogens with zero attached hydrogens (tertiary/aromatic N) is 2. The maximum absolute atomic E-state index is 13.2. The predicted molar refractivity (Wildman–Crippen MR) is 114 cm³/mol. The maximum atomic E-state index is 13.2. The van der Waals surface area contributed by atoms with Crippen LogP contribution in [0.4, 0.5) is 9.93 Å². The number of hydrogen-bond donors (Lipinski definition) is 1. The van der Waals surface area contributed by atoms with E-state index in [1.807, 2.05) is 42.5 Å². The molecule has 0 saturated carbocycles. The van der Waals surface area contributed by atoms with Gasteiger partial charge in [-0.05, 0) is 31.2 Å². The van der Waals surface area contributed by atoms with Gasteiger partial charge in [0.15, 0.2) is 5.13 Å². The van der Waals surface area contributed by atoms with Crippen molar-refractivity contribution in [1.29, 1.82) is 0 Å². The van der Waals surface area contributed by atoms with Gasteiger partial charge in [-0.2, -0.15) is 0 Å². The number of amides is 2. The highest BCUT2D eigenvalue weighted by molar-refractivity contribution is 7.15. The van der Waals surface area contributed by atoms with Gasteiger partial charge in [0.1, 0.15) is 11.5 Å². The first-order valence-electron chi connectivity index (χ1n) is 9.67. The molecular weight excluding hydrogens is 402 g/mol. The Kier molecular flexibility index (Phi) is 5.94. The maximum Gasteiger partial charge on any atom is 0.413 e. The normalized spacial score (nSPS) is 12.8. The molecule has 1 aliphatic heterocycles. The summed E-state index contributed by atoms with van der Waals surface area (Å²) in [6.07, 6.45) is 0.104. The van der Waals surface area contributed by atoms with Crippen LogP contribution < -0.4 is 10.1 Å². The standard InChI is InChI=1S/C22H21N3O4S/c1-2-28-22(27)24-21-23-17-12-13-25(14-19(17)30-21)20(26)16-10-6-7-11-18(16)29-15-8-4-3-5-9-15/h3-11H,2,12-14H2,1H3,(H,23,24,27). The van der Waals surface area contributed by atoms with Gasteiger partial charge in [-0.25, -0.2) is 9.78 Å². The zero-order valence-electron chi connectivity index (χ0n) is 16.5. The van der Waals surface area contributed by atoms with Crippen molar-refractivity contribution < 1.29 is 19.1 Å². The molecule has 30 heavy (non-hydrogen) atoms. The molecule has 0 atom stereocenters. The summed E-state index contributed by atoms with van der Waals surface area (Å²) in [5, 5.41) is 3.12. The van der Waals surface area contributed by atoms with Crippen LogP contribution in [0, 0.1) is 0 Å². The molecule has 8 heteroatoms. The van der Waals surface area contributed by atoms with Gasteiger partial charge in [0.25, 0.3) is 5.91 Å². The van der Waals surface area contributed by atoms with Gasteiger partial charge in [-0.15, -0.1) is 0 Å². The van der Waals surface area contributed by atoms with Gasteiger partial charge in [0, 0.05) is 17.8 Å². The molecule has 2 heterocycles. The van der Waals surface area contributed by atoms with Crippen LogP contribution in [-0.2, 0) is 17.7 Å². The Morgan fingerprint density at radius 2 is 1.90 bits per heavy atom. The van der Waals surface area contributed by atoms with Crippen LogP contribution in [0.5, 0.6) is 11.5 Å². The second-order valence-electron chi connectivity index (χ2n) is 6.62. The fraction of sp³-hybridized carbons (Fsp3) is 0.227. The number of nitrogens with one attached hydrogen (secondary N) is 1. The van der Waals surface area contributed by atoms with Crippen LogP contribution in [0.25, 0.3) is 0 Å². The lowest BCUT2D eigenvalue weighted by molar-refractivity contribution is 0.0733. The number of fused-ring (bicyclic) bond motifs is 1. The Morgan fingerprint density at radius 1 is 1.13 bits per heavy atom. The van der Waals surface area contributed by atoms with E-state index in [2.05, 4.69) is 10.3 Å². The second-order valence-corrected chi connectivity index (χ2v) is 7.71. The number of thiazole rings is 1. The third-order valence-electron chi connectivity index (χ3n) is 4.59. The molecule has 2 amide bonds. The number of anilines is 1. The molecule has 1 aromatic heterocycles. The van der Waals surface area contributed by atoms with Crippen molar-refractivity contribution in [2.75, 3.05) is 18.5 Å². The van der Waals surface area contributed by atoms with E-state index in [1.54, 1.807) is 24.0 Å². The Morgan fingerprint density at radius 3 is 2.70 bits per heavy atom. The Bertz CT molecular complexity index is 1050. The predicted octanol–water partition coefficient (Wildman–Crippen LogP) is 4.70. The minimum absolute atomic E-state index is 0.0968. The molecule has 3 aromatic rings. The lowest BCUT2D eigenvalue weighted by atomic mass is 10.1. The van der Waals surface area contributed by atoms with Gasteiger partial charge < -0.3 is 14.4 Å². The SMILES string of the molecule is CCOC(=O)Nc1nc2c(s1)CN(C(=O)c1ccccc1Oc1ccccc1)CC2. The first-order valence-corrected chi connectivity index (χ1v) is 10.5. The summed E-state index contributed by atoms with van der Waals surface area (Å²) in [4.78, 5) is 32.1. The first kappa shape index (κ1) is 19.9. The van der Waals surface area contributed by atoms with Crippen LogP contribution in [0.1, 0.15) is 27.9 Å². The third kappa shape index (κ3) is 4.44. The van der Waals surface area contributed by atoms with Crippen molar-refractivity contribution in [3.8, 4) is 11.5 Å². The van der Waals surface area contributed by atoms with Gasteiger partial charge in [-0.1, -0.05) is 41.7 Å². The zero-order valence-corrected chi connectivity index (χ0v) is 17.3. The number of aromatic nitrogens is 1. The first-order chi connectivity index (χ1) is 14.6. The Balaban J connectivity index is 1.49. The van der Waals surface area contributed by atoms with E-state index >= 15 is 0 Å². The van der Waals surface area contributed by atoms with Gasteiger partial charge in [0.2, 0.25) is 0 Å². The van der Waals surface area contributed by atoms with E-state index < -0.39 is 6.09 Å². The van der Waals surface area contributed by atoms with Gasteiger partial charge in [0.05, 0.1) is 24.4 Å². The van der Waals surface area contributed by atoms with E-state index in [0.717, 1.165) is 10.6 Å². The number of para-hydroxylation sites is 2. The highest BCUT2D eigenvalue weighted by atomic mass is 32.1. The number of carbonyl (C=O) groups excluding carboxylic acids is 2. The molecule has 0 radical (unpaired) electrons. The van der Waals surface area contributed by atoms with Crippen molar-refractivity contribution in [1.82, 2.24) is 9.88 Å². The van der Waals surface area contributed by atoms with Crippen LogP contribution in [0.2, 0.25) is 0 Å². The molecule has 0 aliphatic carbocycles. The molecule has 7 nitrogen and oxygen atoms in total. The summed E-state index contributed by atoms with van der Waals surface area (Å²) in [6, 6.07) is 16.6. The number of benzene rings is 2. The fourth-order valence-electron chi connectivity index (χ4n) is 3.19. The molecule has 154 valence electrons. The van der Waals surface area contributed by atoms with E-state index in [9.17, 15) is 9.59 Å². The highest BCUT2D eigenvalue weighted by Crippen LogP contribution is 2.31. The molecule has 0 fully saturated rings. The van der Waals surface area contributed by atoms with Crippen molar-refractivity contribution in [2.45, 2.75) is 19.9 Å². The highest BCUT2D eigenvalue weighted by Gasteiger charge is 2.27. The summed E-state index contributed by atoms with van der Waals surface area (Å²) in [6.45, 7) is 3.03. The van der Waals surface area contributed by atoms with Crippen LogP contribution in [-0.4, -0.2) is 35.0 Å². The van der Waals surface area contributed by atoms with Crippen molar-refractivity contribution in [3.05, 3.63) is 70.7 Å². The molecular formula is C22H21N3O4S. The van der Waals surface area contributed by atoms with Crippen LogP contribution >= 0.6 is 11.3 Å². The summed E-state index contributed by atoms with van der Waals surface area (Å²) in [7, 11) is 0. The minimum Gasteiger partial charge on any atom is -0.457 e. The quantitative estimate of drug-likeness (QED) is 0.643. The second kappa shape index (κ2) is 8.96. The number of rotatable bonds is 5. The lowest BCUT2D eigenvalue weighted by Gasteiger charge is -2.26. The van der Waals surface area contributed by atoms with E-state index in [-0.39, 0.29) is 5.91 Å². The topological polar surface area (TPSA) is 80.8 Å². The average Bonchev–Trinajstić information content (AvgIpc) is 3.16. The van der Waals surface area contributed by atoms with Crippen molar-refractivity contribution in [3.63, 3.8) is 0 Å². The Hall–Kier alpha value is -3.39. The monoisotopic (exact) mass is 423 g/mol. The van der Waals surface area contributed by atoms with Gasteiger partial charge in [-0.3, -0.25) is 10.1 Å². The average molecular weight is 423 g/mol. The number of ether oxygens (including phenoxy) is 2. The van der Waals surface area contributed by atoms with E-state index in [4.69, 9.17) is 9.47 Å². The number of hydrogen-bond acceptors (Lipinski definition) is 6. The Labute approximate surface area is 178 Å². The van der Waals surface area contributed by atoms with Crippen LogP contribution in [0.15, 0.2) is 54.6 Å². The molecule has 0 spiro atoms. The van der Waals surface area contributed by atoms with E-state index in [0.29, 0.717) is 48.3 Å². The van der Waals surface area contributed by atoms with E-state index in [1.165, 1.54) is 11.3 Å². The smallest absolute Gasteiger partial charge is 0.413 e. The summed E-state index contributed by atoms with van der Waals surface area (Å²) >= 11 is 1.36. The molecule has 0 saturated heterocycles. The minimum atomic E-state index is -0.525. The third-order valence-corrected chi connectivity index (χ3v) is 5.59. The van der Waals surface area contributed by atoms with Crippen molar-refractivity contribution in [2.24, 2.45) is 0 Å². The van der Waals surface area contributed by atoms with Gasteiger partial charge >= 0.3 is 6.09 Å². The molecule has 4 rings (SSSR count). The summed E-state index contributed by atoms with van der Waals surface area (Å²) < 4.78 is 10.8. The summed E-state index contributed by atoms with van der Waals surface area (Å²) in [5.74, 6) is 1.10. The molecule has 0 unspecified atom stereocenters. The molecule has 1 N–H and O–H groups in total. The fourth-order valence-corrected chi connectivity index (χ4v) is 4.20. The summed E-state index contributed by atoms with van der Waals surface area (Å²) in [5.41, 5.74) is 1.42. The zero-order chi connectivity index (χ0) is 20.9. The van der Waals surface area contributed by atoms with Crippen LogP contribution in [0.3, 0.4) is 0 Å². The molecule has 0 bridgehead atoms.